The van der Waals surface area contributed by atoms with Gasteiger partial charge in [-0.15, -0.1) is 11.8 Å². The zero-order valence-corrected chi connectivity index (χ0v) is 12.8. The lowest BCUT2D eigenvalue weighted by molar-refractivity contribution is -0.130. The Morgan fingerprint density at radius 3 is 3.10 bits per heavy atom. The average molecular weight is 307 g/mol. The van der Waals surface area contributed by atoms with Crippen LogP contribution in [0.5, 0.6) is 0 Å². The minimum atomic E-state index is 0.240. The van der Waals surface area contributed by atoms with E-state index in [1.165, 1.54) is 0 Å². The third-order valence-electron chi connectivity index (χ3n) is 3.49. The first-order chi connectivity index (χ1) is 9.83. The molecule has 0 bridgehead atoms. The van der Waals surface area contributed by atoms with Crippen molar-refractivity contribution >= 4 is 29.0 Å². The molecule has 0 radical (unpaired) electrons. The Balaban J connectivity index is 1.58. The minimum absolute atomic E-state index is 0.240. The molecule has 3 rings (SSSR count). The normalized spacial score (nSPS) is 19.8. The fourth-order valence-corrected chi connectivity index (χ4v) is 4.25. The monoisotopic (exact) mass is 307 g/mol. The maximum absolute atomic E-state index is 12.3. The number of hydrogen-bond donors (Lipinski definition) is 0. The van der Waals surface area contributed by atoms with Gasteiger partial charge >= 0.3 is 0 Å². The van der Waals surface area contributed by atoms with Crippen molar-refractivity contribution < 1.29 is 9.21 Å². The number of thioether (sulfide) groups is 1. The highest BCUT2D eigenvalue weighted by molar-refractivity contribution is 7.99. The van der Waals surface area contributed by atoms with E-state index in [-0.39, 0.29) is 5.91 Å². The number of nitrogens with zero attached hydrogens (tertiary/aromatic N) is 1. The van der Waals surface area contributed by atoms with Gasteiger partial charge in [-0.1, -0.05) is 0 Å². The molecule has 1 amide bonds. The van der Waals surface area contributed by atoms with Crippen molar-refractivity contribution in [2.75, 3.05) is 18.8 Å². The summed E-state index contributed by atoms with van der Waals surface area (Å²) in [5, 5.41) is 4.45. The summed E-state index contributed by atoms with van der Waals surface area (Å²) in [6, 6.07) is 5.99. The van der Waals surface area contributed by atoms with Gasteiger partial charge < -0.3 is 9.32 Å². The Bertz CT molecular complexity index is 536. The van der Waals surface area contributed by atoms with Crippen molar-refractivity contribution in [3.05, 3.63) is 46.5 Å². The molecular formula is C15H17NO2S2. The van der Waals surface area contributed by atoms with Crippen LogP contribution in [-0.2, 0) is 11.2 Å². The van der Waals surface area contributed by atoms with Crippen molar-refractivity contribution in [1.29, 1.82) is 0 Å². The second-order valence-electron chi connectivity index (χ2n) is 4.85. The summed E-state index contributed by atoms with van der Waals surface area (Å²) in [5.41, 5.74) is 1.12. The molecule has 1 aliphatic rings. The molecule has 0 aromatic carbocycles. The van der Waals surface area contributed by atoms with Crippen LogP contribution in [0.25, 0.3) is 0 Å². The molecule has 0 aliphatic carbocycles. The second kappa shape index (κ2) is 6.50. The number of carbonyl (C=O) groups is 1. The van der Waals surface area contributed by atoms with E-state index in [1.54, 1.807) is 17.6 Å². The molecule has 5 heteroatoms. The third-order valence-corrected chi connectivity index (χ3v) is 5.51. The summed E-state index contributed by atoms with van der Waals surface area (Å²) in [5.74, 6) is 2.24. The van der Waals surface area contributed by atoms with Gasteiger partial charge in [-0.25, -0.2) is 0 Å². The summed E-state index contributed by atoms with van der Waals surface area (Å²) in [6.45, 7) is 1.66. The van der Waals surface area contributed by atoms with Gasteiger partial charge in [0.1, 0.15) is 5.76 Å². The van der Waals surface area contributed by atoms with E-state index >= 15 is 0 Å². The topological polar surface area (TPSA) is 33.5 Å². The molecule has 1 aliphatic heterocycles. The number of carbonyl (C=O) groups excluding carboxylic acids is 1. The lowest BCUT2D eigenvalue weighted by atomic mass is 10.2. The second-order valence-corrected chi connectivity index (χ2v) is 6.94. The molecule has 3 heterocycles. The highest BCUT2D eigenvalue weighted by atomic mass is 32.2. The van der Waals surface area contributed by atoms with E-state index in [9.17, 15) is 4.79 Å². The molecule has 1 atom stereocenters. The predicted octanol–water partition coefficient (Wildman–Crippen LogP) is 3.59. The van der Waals surface area contributed by atoms with Gasteiger partial charge in [0, 0.05) is 18.8 Å². The summed E-state index contributed by atoms with van der Waals surface area (Å²) < 4.78 is 5.49. The van der Waals surface area contributed by atoms with Gasteiger partial charge in [0.15, 0.2) is 0 Å². The van der Waals surface area contributed by atoms with Crippen LogP contribution in [0.15, 0.2) is 39.6 Å². The summed E-state index contributed by atoms with van der Waals surface area (Å²) >= 11 is 3.53. The van der Waals surface area contributed by atoms with E-state index in [4.69, 9.17) is 4.42 Å². The molecule has 2 aromatic heterocycles. The maximum Gasteiger partial charge on any atom is 0.227 e. The first kappa shape index (κ1) is 13.8. The van der Waals surface area contributed by atoms with Crippen LogP contribution in [0.3, 0.4) is 0 Å². The average Bonchev–Trinajstić information content (AvgIpc) is 3.09. The predicted molar refractivity (Wildman–Crippen MR) is 83.1 cm³/mol. The van der Waals surface area contributed by atoms with Crippen LogP contribution in [-0.4, -0.2) is 29.6 Å². The molecule has 20 heavy (non-hydrogen) atoms. The molecule has 0 N–H and O–H groups in total. The van der Waals surface area contributed by atoms with Crippen LogP contribution in [0.1, 0.15) is 23.0 Å². The Morgan fingerprint density at radius 2 is 2.35 bits per heavy atom. The Morgan fingerprint density at radius 1 is 1.40 bits per heavy atom. The lowest BCUT2D eigenvalue weighted by Crippen LogP contribution is -2.34. The Kier molecular flexibility index (Phi) is 4.47. The third kappa shape index (κ3) is 3.27. The zero-order valence-electron chi connectivity index (χ0n) is 11.2. The maximum atomic E-state index is 12.3. The van der Waals surface area contributed by atoms with Gasteiger partial charge in [-0.3, -0.25) is 4.79 Å². The Hall–Kier alpha value is -1.20. The minimum Gasteiger partial charge on any atom is -0.468 e. The highest BCUT2D eigenvalue weighted by Gasteiger charge is 2.23. The van der Waals surface area contributed by atoms with Crippen molar-refractivity contribution in [2.45, 2.75) is 18.1 Å². The molecular weight excluding hydrogens is 290 g/mol. The van der Waals surface area contributed by atoms with E-state index in [0.29, 0.717) is 11.7 Å². The van der Waals surface area contributed by atoms with Gasteiger partial charge in [-0.05, 0) is 40.9 Å². The summed E-state index contributed by atoms with van der Waals surface area (Å²) in [4.78, 5) is 14.3. The van der Waals surface area contributed by atoms with Gasteiger partial charge in [0.25, 0.3) is 0 Å². The zero-order chi connectivity index (χ0) is 13.8. The molecule has 3 nitrogen and oxygen atoms in total. The molecule has 1 fully saturated rings. The molecule has 106 valence electrons. The number of thiophene rings is 1. The largest absolute Gasteiger partial charge is 0.468 e. The van der Waals surface area contributed by atoms with Crippen LogP contribution in [0.4, 0.5) is 0 Å². The summed E-state index contributed by atoms with van der Waals surface area (Å²) in [7, 11) is 0. The molecule has 0 spiro atoms. The number of amides is 1. The standard InChI is InChI=1S/C15H17NO2S2/c17-15(10-12-4-8-19-11-12)16-5-3-14(20-9-6-16)13-2-1-7-18-13/h1-2,4,7-8,11,14H,3,5-6,9-10H2. The van der Waals surface area contributed by atoms with Crippen molar-refractivity contribution in [1.82, 2.24) is 4.90 Å². The first-order valence-electron chi connectivity index (χ1n) is 6.77. The number of furan rings is 1. The van der Waals surface area contributed by atoms with Gasteiger partial charge in [-0.2, -0.15) is 11.3 Å². The first-order valence-corrected chi connectivity index (χ1v) is 8.76. The molecule has 2 aromatic rings. The molecule has 1 saturated heterocycles. The molecule has 0 saturated carbocycles. The fraction of sp³-hybridized carbons (Fsp3) is 0.400. The van der Waals surface area contributed by atoms with Crippen LogP contribution in [0, 0.1) is 0 Å². The van der Waals surface area contributed by atoms with E-state index in [0.717, 1.165) is 36.6 Å². The SMILES string of the molecule is O=C(Cc1ccsc1)N1CCSC(c2ccco2)CC1. The van der Waals surface area contributed by atoms with Gasteiger partial charge in [0.05, 0.1) is 17.9 Å². The quantitative estimate of drug-likeness (QED) is 0.869. The van der Waals surface area contributed by atoms with Crippen molar-refractivity contribution in [3.8, 4) is 0 Å². The smallest absolute Gasteiger partial charge is 0.227 e. The number of rotatable bonds is 3. The van der Waals surface area contributed by atoms with Crippen LogP contribution >= 0.6 is 23.1 Å². The Labute approximate surface area is 127 Å². The van der Waals surface area contributed by atoms with Crippen molar-refractivity contribution in [2.24, 2.45) is 0 Å². The highest BCUT2D eigenvalue weighted by Crippen LogP contribution is 2.34. The summed E-state index contributed by atoms with van der Waals surface area (Å²) in [6.07, 6.45) is 3.22. The fourth-order valence-electron chi connectivity index (χ4n) is 2.40. The van der Waals surface area contributed by atoms with Crippen LogP contribution < -0.4 is 0 Å². The molecule has 1 unspecified atom stereocenters. The van der Waals surface area contributed by atoms with E-state index in [2.05, 4.69) is 5.38 Å². The van der Waals surface area contributed by atoms with Gasteiger partial charge in [0.2, 0.25) is 5.91 Å². The van der Waals surface area contributed by atoms with Crippen molar-refractivity contribution in [3.63, 3.8) is 0 Å². The number of hydrogen-bond acceptors (Lipinski definition) is 4. The van der Waals surface area contributed by atoms with Crippen LogP contribution in [0.2, 0.25) is 0 Å². The van der Waals surface area contributed by atoms with E-state index in [1.807, 2.05) is 40.2 Å². The lowest BCUT2D eigenvalue weighted by Gasteiger charge is -2.19. The van der Waals surface area contributed by atoms with E-state index < -0.39 is 0 Å².